The van der Waals surface area contributed by atoms with Gasteiger partial charge in [0.05, 0.1) is 31.5 Å². The van der Waals surface area contributed by atoms with Gasteiger partial charge in [0.1, 0.15) is 5.75 Å². The van der Waals surface area contributed by atoms with Crippen LogP contribution >= 0.6 is 0 Å². The lowest BCUT2D eigenvalue weighted by Crippen LogP contribution is -2.31. The van der Waals surface area contributed by atoms with Crippen molar-refractivity contribution >= 4 is 23.5 Å². The lowest BCUT2D eigenvalue weighted by atomic mass is 9.79. The van der Waals surface area contributed by atoms with E-state index in [-0.39, 0.29) is 18.6 Å². The minimum absolute atomic E-state index is 0.190. The van der Waals surface area contributed by atoms with E-state index in [1.807, 2.05) is 19.9 Å². The predicted molar refractivity (Wildman–Crippen MR) is 144 cm³/mol. The minimum atomic E-state index is -0.521. The van der Waals surface area contributed by atoms with Gasteiger partial charge in [-0.15, -0.1) is 0 Å². The predicted octanol–water partition coefficient (Wildman–Crippen LogP) is 6.33. The molecule has 3 aromatic rings. The molecule has 0 radical (unpaired) electrons. The van der Waals surface area contributed by atoms with Gasteiger partial charge in [-0.2, -0.15) is 5.26 Å². The van der Waals surface area contributed by atoms with Crippen molar-refractivity contribution in [2.75, 3.05) is 24.4 Å². The Labute approximate surface area is 222 Å². The fourth-order valence-electron chi connectivity index (χ4n) is 4.02. The normalized spacial score (nSPS) is 10.8. The monoisotopic (exact) mass is 519 g/mol. The Hall–Kier alpha value is -4.52. The average Bonchev–Trinajstić information content (AvgIpc) is 3.47. The molecule has 0 unspecified atom stereocenters. The van der Waals surface area contributed by atoms with Crippen molar-refractivity contribution in [1.82, 2.24) is 10.3 Å². The quantitative estimate of drug-likeness (QED) is 0.254. The average molecular weight is 520 g/mol. The Bertz CT molecular complexity index is 1250. The first-order valence-electron chi connectivity index (χ1n) is 12.4. The van der Waals surface area contributed by atoms with Crippen LogP contribution in [0, 0.1) is 16.7 Å². The molecule has 0 aliphatic carbocycles. The zero-order chi connectivity index (χ0) is 27.4. The van der Waals surface area contributed by atoms with Gasteiger partial charge in [0.25, 0.3) is 0 Å². The summed E-state index contributed by atoms with van der Waals surface area (Å²) < 4.78 is 16.2. The fraction of sp³-hybridized carbons (Fsp3) is 0.357. The van der Waals surface area contributed by atoms with Crippen molar-refractivity contribution in [2.24, 2.45) is 5.41 Å². The number of methoxy groups -OCH3 is 1. The van der Waals surface area contributed by atoms with Gasteiger partial charge < -0.3 is 29.8 Å². The van der Waals surface area contributed by atoms with Gasteiger partial charge in [-0.25, -0.2) is 14.6 Å². The third-order valence-electron chi connectivity index (χ3n) is 6.56. The molecule has 0 saturated carbocycles. The molecule has 3 rings (SSSR count). The summed E-state index contributed by atoms with van der Waals surface area (Å²) in [5.74, 6) is 1.08. The number of hydrogen-bond donors (Lipinski definition) is 3. The number of aromatic nitrogens is 1. The molecule has 38 heavy (non-hydrogen) atoms. The molecule has 0 aliphatic heterocycles. The molecule has 3 N–H and O–H groups in total. The molecule has 10 nitrogen and oxygen atoms in total. The van der Waals surface area contributed by atoms with Gasteiger partial charge in [0.15, 0.2) is 12.2 Å². The van der Waals surface area contributed by atoms with E-state index < -0.39 is 12.1 Å². The SMILES string of the molecule is CCC(CC)(CCC#N)COC(=O)NCc1cccc(NC(=O)Nc2ccc(-c3cnco3)c(OC)c2)c1. The summed E-state index contributed by atoms with van der Waals surface area (Å²) in [7, 11) is 1.53. The first-order chi connectivity index (χ1) is 18.4. The molecular weight excluding hydrogens is 486 g/mol. The summed E-state index contributed by atoms with van der Waals surface area (Å²) in [6.45, 7) is 4.58. The summed E-state index contributed by atoms with van der Waals surface area (Å²) in [5, 5.41) is 17.2. The maximum atomic E-state index is 12.6. The van der Waals surface area contributed by atoms with Gasteiger partial charge in [0, 0.05) is 35.8 Å². The van der Waals surface area contributed by atoms with Crippen molar-refractivity contribution in [3.05, 3.63) is 60.6 Å². The Kier molecular flexibility index (Phi) is 10.1. The number of carbonyl (C=O) groups excluding carboxylic acids is 2. The molecule has 3 amide bonds. The van der Waals surface area contributed by atoms with Crippen LogP contribution in [0.5, 0.6) is 5.75 Å². The molecule has 1 heterocycles. The maximum Gasteiger partial charge on any atom is 0.407 e. The zero-order valence-electron chi connectivity index (χ0n) is 21.9. The minimum Gasteiger partial charge on any atom is -0.496 e. The van der Waals surface area contributed by atoms with E-state index in [2.05, 4.69) is 27.0 Å². The van der Waals surface area contributed by atoms with Crippen molar-refractivity contribution in [2.45, 2.75) is 46.1 Å². The van der Waals surface area contributed by atoms with E-state index >= 15 is 0 Å². The van der Waals surface area contributed by atoms with Crippen molar-refractivity contribution in [3.8, 4) is 23.1 Å². The highest BCUT2D eigenvalue weighted by Gasteiger charge is 2.27. The largest absolute Gasteiger partial charge is 0.496 e. The number of anilines is 2. The van der Waals surface area contributed by atoms with Crippen LogP contribution < -0.4 is 20.7 Å². The summed E-state index contributed by atoms with van der Waals surface area (Å²) in [5.41, 5.74) is 2.41. The summed E-state index contributed by atoms with van der Waals surface area (Å²) in [6.07, 6.45) is 5.17. The number of amides is 3. The lowest BCUT2D eigenvalue weighted by Gasteiger charge is -2.30. The number of ether oxygens (including phenoxy) is 2. The Morgan fingerprint density at radius 2 is 1.87 bits per heavy atom. The number of hydrogen-bond acceptors (Lipinski definition) is 7. The number of urea groups is 1. The Morgan fingerprint density at radius 3 is 2.53 bits per heavy atom. The first-order valence-corrected chi connectivity index (χ1v) is 12.4. The highest BCUT2D eigenvalue weighted by molar-refractivity contribution is 6.00. The number of rotatable bonds is 12. The van der Waals surface area contributed by atoms with Gasteiger partial charge in [-0.05, 0) is 49.1 Å². The fourth-order valence-corrected chi connectivity index (χ4v) is 4.02. The second-order valence-electron chi connectivity index (χ2n) is 8.86. The molecular formula is C28H33N5O5. The number of oxazole rings is 1. The van der Waals surface area contributed by atoms with Crippen LogP contribution in [-0.4, -0.2) is 30.8 Å². The molecule has 10 heteroatoms. The van der Waals surface area contributed by atoms with E-state index in [0.717, 1.165) is 18.4 Å². The second-order valence-corrected chi connectivity index (χ2v) is 8.86. The van der Waals surface area contributed by atoms with Crippen LogP contribution in [0.4, 0.5) is 21.0 Å². The molecule has 200 valence electrons. The molecule has 0 fully saturated rings. The number of carbonyl (C=O) groups is 2. The van der Waals surface area contributed by atoms with Crippen LogP contribution in [0.15, 0.2) is 59.5 Å². The molecule has 2 aromatic carbocycles. The van der Waals surface area contributed by atoms with Crippen LogP contribution in [-0.2, 0) is 11.3 Å². The van der Waals surface area contributed by atoms with Crippen molar-refractivity contribution < 1.29 is 23.5 Å². The van der Waals surface area contributed by atoms with Crippen LogP contribution in [0.2, 0.25) is 0 Å². The second kappa shape index (κ2) is 13.7. The highest BCUT2D eigenvalue weighted by Crippen LogP contribution is 2.33. The smallest absolute Gasteiger partial charge is 0.407 e. The van der Waals surface area contributed by atoms with Crippen molar-refractivity contribution in [3.63, 3.8) is 0 Å². The summed E-state index contributed by atoms with van der Waals surface area (Å²) >= 11 is 0. The van der Waals surface area contributed by atoms with Crippen LogP contribution in [0.3, 0.4) is 0 Å². The molecule has 0 spiro atoms. The number of nitrogens with zero attached hydrogens (tertiary/aromatic N) is 2. The maximum absolute atomic E-state index is 12.6. The molecule has 0 atom stereocenters. The summed E-state index contributed by atoms with van der Waals surface area (Å²) in [4.78, 5) is 28.8. The van der Waals surface area contributed by atoms with E-state index in [0.29, 0.717) is 41.3 Å². The highest BCUT2D eigenvalue weighted by atomic mass is 16.5. The van der Waals surface area contributed by atoms with Crippen LogP contribution in [0.25, 0.3) is 11.3 Å². The van der Waals surface area contributed by atoms with Crippen LogP contribution in [0.1, 0.15) is 45.1 Å². The Balaban J connectivity index is 1.52. The number of nitriles is 1. The third-order valence-corrected chi connectivity index (χ3v) is 6.56. The van der Waals surface area contributed by atoms with Gasteiger partial charge in [-0.1, -0.05) is 26.0 Å². The first kappa shape index (κ1) is 28.1. The number of alkyl carbamates (subject to hydrolysis) is 1. The lowest BCUT2D eigenvalue weighted by molar-refractivity contribution is 0.0703. The van der Waals surface area contributed by atoms with Gasteiger partial charge in [-0.3, -0.25) is 0 Å². The topological polar surface area (TPSA) is 139 Å². The number of benzene rings is 2. The van der Waals surface area contributed by atoms with E-state index in [1.54, 1.807) is 42.6 Å². The third kappa shape index (κ3) is 7.74. The molecule has 1 aromatic heterocycles. The number of nitrogens with one attached hydrogen (secondary N) is 3. The zero-order valence-corrected chi connectivity index (χ0v) is 21.9. The van der Waals surface area contributed by atoms with E-state index in [4.69, 9.17) is 19.2 Å². The summed E-state index contributed by atoms with van der Waals surface area (Å²) in [6, 6.07) is 14.1. The van der Waals surface area contributed by atoms with E-state index in [9.17, 15) is 9.59 Å². The Morgan fingerprint density at radius 1 is 1.11 bits per heavy atom. The molecule has 0 aliphatic rings. The standard InChI is InChI=1S/C28H33N5O5/c1-4-28(5-2,12-7-13-29)18-37-27(35)31-16-20-8-6-9-21(14-20)32-26(34)33-22-10-11-23(24(15-22)36-3)25-17-30-19-38-25/h6,8-11,14-15,17,19H,4-5,7,12,16,18H2,1-3H3,(H,31,35)(H2,32,33,34). The van der Waals surface area contributed by atoms with E-state index in [1.165, 1.54) is 13.5 Å². The van der Waals surface area contributed by atoms with Gasteiger partial charge >= 0.3 is 12.1 Å². The molecule has 0 bridgehead atoms. The molecule has 0 saturated heterocycles. The van der Waals surface area contributed by atoms with Crippen molar-refractivity contribution in [1.29, 1.82) is 5.26 Å². The van der Waals surface area contributed by atoms with Gasteiger partial charge in [0.2, 0.25) is 0 Å².